The van der Waals surface area contributed by atoms with Crippen LogP contribution in [0.3, 0.4) is 0 Å². The minimum Gasteiger partial charge on any atom is -0.489 e. The van der Waals surface area contributed by atoms with Crippen molar-refractivity contribution in [3.05, 3.63) is 65.5 Å². The average Bonchev–Trinajstić information content (AvgIpc) is 2.58. The quantitative estimate of drug-likeness (QED) is 0.890. The summed E-state index contributed by atoms with van der Waals surface area (Å²) < 4.78 is 18.6. The van der Waals surface area contributed by atoms with Crippen LogP contribution in [0.15, 0.2) is 48.5 Å². The highest BCUT2D eigenvalue weighted by Gasteiger charge is 2.08. The van der Waals surface area contributed by atoms with E-state index in [4.69, 9.17) is 10.00 Å². The Morgan fingerprint density at radius 2 is 2.09 bits per heavy atom. The highest BCUT2D eigenvalue weighted by atomic mass is 19.1. The molecule has 2 aromatic rings. The third-order valence-corrected chi connectivity index (χ3v) is 3.18. The summed E-state index contributed by atoms with van der Waals surface area (Å²) in [6.07, 6.45) is 0. The van der Waals surface area contributed by atoms with E-state index in [1.165, 1.54) is 12.1 Å². The van der Waals surface area contributed by atoms with Crippen molar-refractivity contribution < 1.29 is 13.9 Å². The van der Waals surface area contributed by atoms with Crippen molar-refractivity contribution in [2.24, 2.45) is 5.92 Å². The van der Waals surface area contributed by atoms with Crippen molar-refractivity contribution in [2.45, 2.75) is 13.5 Å². The first-order valence-corrected chi connectivity index (χ1v) is 7.23. The molecule has 0 aliphatic carbocycles. The van der Waals surface area contributed by atoms with E-state index < -0.39 is 0 Å². The largest absolute Gasteiger partial charge is 0.489 e. The molecule has 1 N–H and O–H groups in total. The van der Waals surface area contributed by atoms with Crippen LogP contribution >= 0.6 is 0 Å². The summed E-state index contributed by atoms with van der Waals surface area (Å²) in [7, 11) is 0. The second-order valence-electron chi connectivity index (χ2n) is 5.19. The molecule has 118 valence electrons. The summed E-state index contributed by atoms with van der Waals surface area (Å²) in [5.74, 6) is -0.400. The summed E-state index contributed by atoms with van der Waals surface area (Å²) >= 11 is 0. The molecule has 0 fully saturated rings. The number of hydrogen-bond acceptors (Lipinski definition) is 3. The van der Waals surface area contributed by atoms with Gasteiger partial charge in [-0.05, 0) is 36.8 Å². The Balaban J connectivity index is 1.96. The molecule has 2 rings (SSSR count). The SMILES string of the molecule is CC(C#N)CNC(=O)c1cccc(COc2cccc(F)c2)c1. The molecule has 1 unspecified atom stereocenters. The van der Waals surface area contributed by atoms with Gasteiger partial charge in [0.2, 0.25) is 0 Å². The van der Waals surface area contributed by atoms with Crippen molar-refractivity contribution in [2.75, 3.05) is 6.54 Å². The highest BCUT2D eigenvalue weighted by Crippen LogP contribution is 2.15. The van der Waals surface area contributed by atoms with Crippen molar-refractivity contribution in [3.63, 3.8) is 0 Å². The van der Waals surface area contributed by atoms with Crippen LogP contribution in [0.2, 0.25) is 0 Å². The Hall–Kier alpha value is -2.87. The predicted octanol–water partition coefficient (Wildman–Crippen LogP) is 3.29. The number of carbonyl (C=O) groups excluding carboxylic acids is 1. The lowest BCUT2D eigenvalue weighted by Gasteiger charge is -2.09. The third-order valence-electron chi connectivity index (χ3n) is 3.18. The number of nitriles is 1. The number of benzene rings is 2. The second kappa shape index (κ2) is 7.95. The van der Waals surface area contributed by atoms with E-state index >= 15 is 0 Å². The van der Waals surface area contributed by atoms with Gasteiger partial charge in [0.15, 0.2) is 0 Å². The van der Waals surface area contributed by atoms with Crippen LogP contribution in [0.1, 0.15) is 22.8 Å². The molecule has 0 spiro atoms. The van der Waals surface area contributed by atoms with Crippen molar-refractivity contribution in [1.82, 2.24) is 5.32 Å². The van der Waals surface area contributed by atoms with E-state index in [0.717, 1.165) is 5.56 Å². The molecular weight excluding hydrogens is 295 g/mol. The van der Waals surface area contributed by atoms with E-state index in [1.54, 1.807) is 37.3 Å². The van der Waals surface area contributed by atoms with E-state index in [1.807, 2.05) is 6.07 Å². The zero-order chi connectivity index (χ0) is 16.7. The van der Waals surface area contributed by atoms with E-state index in [-0.39, 0.29) is 24.2 Å². The minimum atomic E-state index is -0.359. The first kappa shape index (κ1) is 16.5. The molecule has 2 aromatic carbocycles. The fourth-order valence-corrected chi connectivity index (χ4v) is 1.92. The Morgan fingerprint density at radius 3 is 2.83 bits per heavy atom. The van der Waals surface area contributed by atoms with Crippen LogP contribution < -0.4 is 10.1 Å². The summed E-state index contributed by atoms with van der Waals surface area (Å²) in [6.45, 7) is 2.28. The van der Waals surface area contributed by atoms with Crippen LogP contribution in [0.5, 0.6) is 5.75 Å². The van der Waals surface area contributed by atoms with Crippen LogP contribution in [0.25, 0.3) is 0 Å². The fourth-order valence-electron chi connectivity index (χ4n) is 1.92. The summed E-state index contributed by atoms with van der Waals surface area (Å²) in [4.78, 5) is 12.0. The molecule has 0 saturated heterocycles. The first-order valence-electron chi connectivity index (χ1n) is 7.23. The number of nitrogens with one attached hydrogen (secondary N) is 1. The standard InChI is InChI=1S/C18H17FN2O2/c1-13(10-20)11-21-18(22)15-5-2-4-14(8-15)12-23-17-7-3-6-16(19)9-17/h2-9,13H,11-12H2,1H3,(H,21,22). The number of carbonyl (C=O) groups is 1. The van der Waals surface area contributed by atoms with Gasteiger partial charge in [-0.15, -0.1) is 0 Å². The number of hydrogen-bond donors (Lipinski definition) is 1. The fraction of sp³-hybridized carbons (Fsp3) is 0.222. The van der Waals surface area contributed by atoms with Crippen molar-refractivity contribution in [1.29, 1.82) is 5.26 Å². The Bertz CT molecular complexity index is 725. The van der Waals surface area contributed by atoms with E-state index in [9.17, 15) is 9.18 Å². The molecule has 0 heterocycles. The molecule has 0 bridgehead atoms. The van der Waals surface area contributed by atoms with Gasteiger partial charge >= 0.3 is 0 Å². The first-order chi connectivity index (χ1) is 11.1. The average molecular weight is 312 g/mol. The van der Waals surface area contributed by atoms with Gasteiger partial charge in [-0.2, -0.15) is 5.26 Å². The summed E-state index contributed by atoms with van der Waals surface area (Å²) in [5, 5.41) is 11.4. The zero-order valence-corrected chi connectivity index (χ0v) is 12.8. The van der Waals surface area contributed by atoms with E-state index in [2.05, 4.69) is 11.4 Å². The van der Waals surface area contributed by atoms with Gasteiger partial charge in [0.25, 0.3) is 5.91 Å². The zero-order valence-electron chi connectivity index (χ0n) is 12.8. The van der Waals surface area contributed by atoms with Crippen LogP contribution in [0, 0.1) is 23.1 Å². The predicted molar refractivity (Wildman–Crippen MR) is 84.3 cm³/mol. The maximum absolute atomic E-state index is 13.1. The molecule has 5 heteroatoms. The van der Waals surface area contributed by atoms with Crippen molar-refractivity contribution >= 4 is 5.91 Å². The molecule has 0 saturated carbocycles. The monoisotopic (exact) mass is 312 g/mol. The number of halogens is 1. The Labute approximate surface area is 134 Å². The van der Waals surface area contributed by atoms with Gasteiger partial charge in [-0.1, -0.05) is 18.2 Å². The summed E-state index contributed by atoms with van der Waals surface area (Å²) in [5.41, 5.74) is 1.30. The van der Waals surface area contributed by atoms with Crippen LogP contribution in [-0.4, -0.2) is 12.5 Å². The maximum atomic E-state index is 13.1. The van der Waals surface area contributed by atoms with Gasteiger partial charge < -0.3 is 10.1 Å². The topological polar surface area (TPSA) is 62.1 Å². The number of amides is 1. The second-order valence-corrected chi connectivity index (χ2v) is 5.19. The summed E-state index contributed by atoms with van der Waals surface area (Å²) in [6, 6.07) is 14.9. The molecule has 1 amide bonds. The normalized spacial score (nSPS) is 11.3. The molecule has 0 aliphatic rings. The van der Waals surface area contributed by atoms with Crippen LogP contribution in [-0.2, 0) is 6.61 Å². The molecule has 0 radical (unpaired) electrons. The molecule has 4 nitrogen and oxygen atoms in total. The van der Waals surface area contributed by atoms with Gasteiger partial charge in [0.1, 0.15) is 18.2 Å². The third kappa shape index (κ3) is 5.11. The minimum absolute atomic E-state index is 0.235. The lowest BCUT2D eigenvalue weighted by Crippen LogP contribution is -2.27. The van der Waals surface area contributed by atoms with Gasteiger partial charge in [-0.25, -0.2) is 4.39 Å². The lowest BCUT2D eigenvalue weighted by atomic mass is 10.1. The van der Waals surface area contributed by atoms with Gasteiger partial charge in [-0.3, -0.25) is 4.79 Å². The number of ether oxygens (including phenoxy) is 1. The molecule has 0 aromatic heterocycles. The number of rotatable bonds is 6. The van der Waals surface area contributed by atoms with Crippen molar-refractivity contribution in [3.8, 4) is 11.8 Å². The Morgan fingerprint density at radius 1 is 1.30 bits per heavy atom. The number of nitrogens with zero attached hydrogens (tertiary/aromatic N) is 1. The van der Waals surface area contributed by atoms with E-state index in [0.29, 0.717) is 17.9 Å². The highest BCUT2D eigenvalue weighted by molar-refractivity contribution is 5.94. The molecule has 23 heavy (non-hydrogen) atoms. The Kier molecular flexibility index (Phi) is 5.70. The molecule has 1 atom stereocenters. The molecular formula is C18H17FN2O2. The maximum Gasteiger partial charge on any atom is 0.251 e. The van der Waals surface area contributed by atoms with Gasteiger partial charge in [0, 0.05) is 18.2 Å². The van der Waals surface area contributed by atoms with Gasteiger partial charge in [0.05, 0.1) is 12.0 Å². The van der Waals surface area contributed by atoms with Crippen LogP contribution in [0.4, 0.5) is 4.39 Å². The smallest absolute Gasteiger partial charge is 0.251 e. The molecule has 0 aliphatic heterocycles. The lowest BCUT2D eigenvalue weighted by molar-refractivity contribution is 0.0950.